The summed E-state index contributed by atoms with van der Waals surface area (Å²) in [6, 6.07) is 7.17. The number of hydrogen-bond acceptors (Lipinski definition) is 3. The Labute approximate surface area is 183 Å². The van der Waals surface area contributed by atoms with Crippen LogP contribution >= 0.6 is 0 Å². The number of sulfonamides is 1. The van der Waals surface area contributed by atoms with E-state index in [0.29, 0.717) is 24.5 Å². The molecule has 6 nitrogen and oxygen atoms in total. The monoisotopic (exact) mass is 439 g/mol. The molecule has 2 fully saturated rings. The lowest BCUT2D eigenvalue weighted by Gasteiger charge is -2.22. The highest BCUT2D eigenvalue weighted by Gasteiger charge is 2.32. The maximum Gasteiger partial charge on any atom is 0.315 e. The van der Waals surface area contributed by atoms with Crippen LogP contribution in [0.5, 0.6) is 0 Å². The van der Waals surface area contributed by atoms with Gasteiger partial charge in [-0.15, -0.1) is 0 Å². The largest absolute Gasteiger partial charge is 0.338 e. The molecule has 1 aromatic rings. The average Bonchev–Trinajstić information content (AvgIpc) is 3.12. The lowest BCUT2D eigenvalue weighted by molar-refractivity contribution is 0.232. The maximum absolute atomic E-state index is 12.8. The Morgan fingerprint density at radius 1 is 1.07 bits per heavy atom. The Kier molecular flexibility index (Phi) is 10.8. The minimum atomic E-state index is -3.46. The predicted octanol–water partition coefficient (Wildman–Crippen LogP) is 4.69. The van der Waals surface area contributed by atoms with Crippen LogP contribution in [0.2, 0.25) is 0 Å². The van der Waals surface area contributed by atoms with Crippen LogP contribution < -0.4 is 10.6 Å². The molecule has 7 heteroatoms. The van der Waals surface area contributed by atoms with Gasteiger partial charge in [-0.3, -0.25) is 0 Å². The normalized spacial score (nSPS) is 20.9. The second-order valence-electron chi connectivity index (χ2n) is 8.23. The van der Waals surface area contributed by atoms with Crippen molar-refractivity contribution in [1.82, 2.24) is 14.9 Å². The molecular weight excluding hydrogens is 398 g/mol. The number of urea groups is 1. The van der Waals surface area contributed by atoms with Crippen LogP contribution in [-0.4, -0.2) is 44.4 Å². The van der Waals surface area contributed by atoms with Gasteiger partial charge in [-0.1, -0.05) is 59.1 Å². The summed E-state index contributed by atoms with van der Waals surface area (Å²) in [4.78, 5) is 12.6. The minimum absolute atomic E-state index is 0. The number of carbonyl (C=O) groups is 1. The second-order valence-corrected chi connectivity index (χ2v) is 10.2. The Morgan fingerprint density at radius 3 is 2.40 bits per heavy atom. The fourth-order valence-corrected chi connectivity index (χ4v) is 5.82. The third-order valence-electron chi connectivity index (χ3n) is 5.87. The standard InChI is InChI=1S/C21H33N3O3S.2CH4/c1-17-8-7-11-20(14-17)28(26,27)24-13-12-18(16-24)15-22-21(25)23-19-9-5-3-2-4-6-10-19;;/h7-8,11,14,18-19H,2-6,9-10,12-13,15-16H2,1H3,(H2,22,23,25);2*1H4. The molecule has 1 aliphatic heterocycles. The van der Waals surface area contributed by atoms with Crippen LogP contribution in [0.25, 0.3) is 0 Å². The van der Waals surface area contributed by atoms with E-state index in [0.717, 1.165) is 24.8 Å². The summed E-state index contributed by atoms with van der Waals surface area (Å²) in [7, 11) is -3.46. The first kappa shape index (κ1) is 26.4. The molecule has 2 N–H and O–H groups in total. The van der Waals surface area contributed by atoms with Gasteiger partial charge in [-0.2, -0.15) is 4.31 Å². The van der Waals surface area contributed by atoms with Crippen molar-refractivity contribution in [2.75, 3.05) is 19.6 Å². The smallest absolute Gasteiger partial charge is 0.315 e. The molecule has 1 aliphatic carbocycles. The van der Waals surface area contributed by atoms with E-state index in [9.17, 15) is 13.2 Å². The number of rotatable bonds is 5. The molecule has 1 aromatic carbocycles. The first-order chi connectivity index (χ1) is 13.4. The summed E-state index contributed by atoms with van der Waals surface area (Å²) in [5.74, 6) is 0.155. The molecule has 30 heavy (non-hydrogen) atoms. The van der Waals surface area contributed by atoms with Gasteiger partial charge in [0.15, 0.2) is 0 Å². The van der Waals surface area contributed by atoms with E-state index in [-0.39, 0.29) is 32.8 Å². The molecular formula is C23H41N3O3S. The Morgan fingerprint density at radius 2 is 1.73 bits per heavy atom. The number of amides is 2. The molecule has 1 unspecified atom stereocenters. The molecule has 0 radical (unpaired) electrons. The van der Waals surface area contributed by atoms with Gasteiger partial charge in [0.1, 0.15) is 0 Å². The Bertz CT molecular complexity index is 759. The minimum Gasteiger partial charge on any atom is -0.338 e. The fourth-order valence-electron chi connectivity index (χ4n) is 4.18. The zero-order chi connectivity index (χ0) is 20.0. The topological polar surface area (TPSA) is 78.5 Å². The molecule has 1 saturated carbocycles. The van der Waals surface area contributed by atoms with Gasteiger partial charge in [0.25, 0.3) is 0 Å². The number of nitrogens with zero attached hydrogens (tertiary/aromatic N) is 1. The van der Waals surface area contributed by atoms with Crippen LogP contribution in [0.3, 0.4) is 0 Å². The Hall–Kier alpha value is -1.60. The van der Waals surface area contributed by atoms with Crippen LogP contribution in [-0.2, 0) is 10.0 Å². The summed E-state index contributed by atoms with van der Waals surface area (Å²) in [6.07, 6.45) is 9.06. The van der Waals surface area contributed by atoms with E-state index in [1.165, 1.54) is 32.1 Å². The lowest BCUT2D eigenvalue weighted by atomic mass is 9.97. The summed E-state index contributed by atoms with van der Waals surface area (Å²) in [5.41, 5.74) is 0.935. The highest BCUT2D eigenvalue weighted by molar-refractivity contribution is 7.89. The van der Waals surface area contributed by atoms with Gasteiger partial charge >= 0.3 is 6.03 Å². The van der Waals surface area contributed by atoms with Gasteiger partial charge in [-0.25, -0.2) is 13.2 Å². The van der Waals surface area contributed by atoms with E-state index >= 15 is 0 Å². The number of nitrogens with one attached hydrogen (secondary N) is 2. The van der Waals surface area contributed by atoms with Gasteiger partial charge < -0.3 is 10.6 Å². The lowest BCUT2D eigenvalue weighted by Crippen LogP contribution is -2.44. The second kappa shape index (κ2) is 12.3. The molecule has 1 saturated heterocycles. The highest BCUT2D eigenvalue weighted by atomic mass is 32.2. The van der Waals surface area contributed by atoms with Crippen molar-refractivity contribution in [1.29, 1.82) is 0 Å². The van der Waals surface area contributed by atoms with Crippen molar-refractivity contribution >= 4 is 16.1 Å². The number of hydrogen-bond donors (Lipinski definition) is 2. The van der Waals surface area contributed by atoms with Gasteiger partial charge in [0.2, 0.25) is 10.0 Å². The molecule has 3 rings (SSSR count). The molecule has 172 valence electrons. The van der Waals surface area contributed by atoms with E-state index in [4.69, 9.17) is 0 Å². The average molecular weight is 440 g/mol. The van der Waals surface area contributed by atoms with Crippen molar-refractivity contribution in [2.24, 2.45) is 5.92 Å². The van der Waals surface area contributed by atoms with E-state index in [1.54, 1.807) is 22.5 Å². The van der Waals surface area contributed by atoms with Crippen molar-refractivity contribution in [3.8, 4) is 0 Å². The third-order valence-corrected chi connectivity index (χ3v) is 7.73. The highest BCUT2D eigenvalue weighted by Crippen LogP contribution is 2.24. The summed E-state index contributed by atoms with van der Waals surface area (Å²) in [5, 5.41) is 6.06. The number of carbonyl (C=O) groups excluding carboxylic acids is 1. The summed E-state index contributed by atoms with van der Waals surface area (Å²) < 4.78 is 27.2. The Balaban J connectivity index is 0.00000225. The fraction of sp³-hybridized carbons (Fsp3) is 0.696. The van der Waals surface area contributed by atoms with E-state index in [2.05, 4.69) is 10.6 Å². The predicted molar refractivity (Wildman–Crippen MR) is 124 cm³/mol. The first-order valence-electron chi connectivity index (χ1n) is 10.6. The van der Waals surface area contributed by atoms with Crippen molar-refractivity contribution in [3.63, 3.8) is 0 Å². The number of benzene rings is 1. The van der Waals surface area contributed by atoms with Crippen LogP contribution in [0.15, 0.2) is 29.2 Å². The van der Waals surface area contributed by atoms with Crippen LogP contribution in [0, 0.1) is 12.8 Å². The number of aryl methyl sites for hydroxylation is 1. The molecule has 2 amide bonds. The third kappa shape index (κ3) is 7.27. The molecule has 2 aliphatic rings. The molecule has 1 heterocycles. The van der Waals surface area contributed by atoms with Crippen molar-refractivity contribution in [3.05, 3.63) is 29.8 Å². The SMILES string of the molecule is C.C.Cc1cccc(S(=O)(=O)N2CCC(CNC(=O)NC3CCCCCCC3)C2)c1. The summed E-state index contributed by atoms with van der Waals surface area (Å²) in [6.45, 7) is 3.37. The molecule has 0 spiro atoms. The quantitative estimate of drug-likeness (QED) is 0.698. The van der Waals surface area contributed by atoms with E-state index < -0.39 is 10.0 Å². The van der Waals surface area contributed by atoms with Crippen molar-refractivity contribution in [2.45, 2.75) is 84.1 Å². The van der Waals surface area contributed by atoms with Crippen molar-refractivity contribution < 1.29 is 13.2 Å². The van der Waals surface area contributed by atoms with E-state index in [1.807, 2.05) is 13.0 Å². The first-order valence-corrected chi connectivity index (χ1v) is 12.0. The molecule has 0 aromatic heterocycles. The van der Waals surface area contributed by atoms with Crippen LogP contribution in [0.4, 0.5) is 4.79 Å². The molecule has 0 bridgehead atoms. The molecule has 1 atom stereocenters. The zero-order valence-electron chi connectivity index (χ0n) is 16.8. The van der Waals surface area contributed by atoms with Crippen LogP contribution in [0.1, 0.15) is 71.8 Å². The van der Waals surface area contributed by atoms with Gasteiger partial charge in [0, 0.05) is 25.7 Å². The summed E-state index contributed by atoms with van der Waals surface area (Å²) >= 11 is 0. The maximum atomic E-state index is 12.8. The van der Waals surface area contributed by atoms with Gasteiger partial charge in [0.05, 0.1) is 4.90 Å². The van der Waals surface area contributed by atoms with Gasteiger partial charge in [-0.05, 0) is 49.8 Å². The zero-order valence-corrected chi connectivity index (χ0v) is 17.6.